The molecule has 0 aliphatic carbocycles. The molecule has 1 N–H and O–H groups in total. The number of rotatable bonds is 6. The Morgan fingerprint density at radius 1 is 0.969 bits per heavy atom. The van der Waals surface area contributed by atoms with Crippen LogP contribution in [0.15, 0.2) is 72.8 Å². The summed E-state index contributed by atoms with van der Waals surface area (Å²) in [6.07, 6.45) is 0.831. The first-order valence-corrected chi connectivity index (χ1v) is 10.6. The van der Waals surface area contributed by atoms with Crippen LogP contribution in [0, 0.1) is 0 Å². The summed E-state index contributed by atoms with van der Waals surface area (Å²) in [5, 5.41) is 2.95. The Morgan fingerprint density at radius 2 is 1.75 bits per heavy atom. The Labute approximate surface area is 185 Å². The molecule has 0 atom stereocenters. The van der Waals surface area contributed by atoms with Crippen molar-refractivity contribution in [2.45, 2.75) is 19.6 Å². The number of nitrogens with zero attached hydrogens (tertiary/aromatic N) is 2. The molecular formula is C25H23N3O4. The third-order valence-corrected chi connectivity index (χ3v) is 5.18. The van der Waals surface area contributed by atoms with Crippen molar-refractivity contribution in [2.75, 3.05) is 18.5 Å². The van der Waals surface area contributed by atoms with Crippen molar-refractivity contribution in [1.29, 1.82) is 0 Å². The number of nitrogens with one attached hydrogen (secondary N) is 1. The molecule has 2 heterocycles. The number of para-hydroxylation sites is 3. The SMILES string of the molecule is O=C(Cn1c(COc2ccccc2)nc2ccccc21)Nc1ccc2c(c1)OCCCO2. The van der Waals surface area contributed by atoms with E-state index in [0.29, 0.717) is 36.2 Å². The highest BCUT2D eigenvalue weighted by Gasteiger charge is 2.16. The summed E-state index contributed by atoms with van der Waals surface area (Å²) < 4.78 is 19.2. The molecule has 0 fully saturated rings. The van der Waals surface area contributed by atoms with Crippen molar-refractivity contribution < 1.29 is 19.0 Å². The summed E-state index contributed by atoms with van der Waals surface area (Å²) in [7, 11) is 0. The Bertz CT molecular complexity index is 1240. The highest BCUT2D eigenvalue weighted by molar-refractivity contribution is 5.92. The van der Waals surface area contributed by atoms with E-state index in [1.807, 2.05) is 71.3 Å². The lowest BCUT2D eigenvalue weighted by atomic mass is 10.2. The van der Waals surface area contributed by atoms with Gasteiger partial charge < -0.3 is 24.1 Å². The van der Waals surface area contributed by atoms with Crippen molar-refractivity contribution in [3.63, 3.8) is 0 Å². The lowest BCUT2D eigenvalue weighted by Gasteiger charge is -2.13. The fourth-order valence-corrected chi connectivity index (χ4v) is 3.66. The van der Waals surface area contributed by atoms with Crippen LogP contribution in [-0.2, 0) is 17.9 Å². The van der Waals surface area contributed by atoms with Crippen LogP contribution in [0.25, 0.3) is 11.0 Å². The number of carbonyl (C=O) groups is 1. The van der Waals surface area contributed by atoms with E-state index in [-0.39, 0.29) is 19.1 Å². The molecule has 3 aromatic carbocycles. The number of benzene rings is 3. The quantitative estimate of drug-likeness (QED) is 0.491. The summed E-state index contributed by atoms with van der Waals surface area (Å²) in [6.45, 7) is 1.59. The zero-order valence-electron chi connectivity index (χ0n) is 17.5. The average Bonchev–Trinajstić information content (AvgIpc) is 2.99. The van der Waals surface area contributed by atoms with Gasteiger partial charge in [-0.05, 0) is 36.4 Å². The van der Waals surface area contributed by atoms with Crippen LogP contribution in [0.1, 0.15) is 12.2 Å². The Balaban J connectivity index is 1.35. The van der Waals surface area contributed by atoms with Crippen LogP contribution in [0.5, 0.6) is 17.2 Å². The van der Waals surface area contributed by atoms with E-state index in [1.54, 1.807) is 6.07 Å². The minimum Gasteiger partial charge on any atom is -0.490 e. The van der Waals surface area contributed by atoms with Crippen LogP contribution in [0.3, 0.4) is 0 Å². The number of hydrogen-bond acceptors (Lipinski definition) is 5. The molecule has 7 heteroatoms. The molecule has 1 aliphatic rings. The molecule has 4 aromatic rings. The van der Waals surface area contributed by atoms with Crippen LogP contribution in [-0.4, -0.2) is 28.7 Å². The van der Waals surface area contributed by atoms with Gasteiger partial charge in [0.25, 0.3) is 0 Å². The highest BCUT2D eigenvalue weighted by atomic mass is 16.5. The standard InChI is InChI=1S/C25H23N3O4/c29-25(26-18-11-12-22-23(15-18)31-14-6-13-30-22)16-28-21-10-5-4-9-20(21)27-24(28)17-32-19-7-2-1-3-8-19/h1-5,7-12,15H,6,13-14,16-17H2,(H,26,29). The van der Waals surface area contributed by atoms with Gasteiger partial charge in [-0.25, -0.2) is 4.98 Å². The fraction of sp³-hybridized carbons (Fsp3) is 0.200. The molecule has 0 saturated heterocycles. The minimum absolute atomic E-state index is 0.114. The maximum absolute atomic E-state index is 12.9. The van der Waals surface area contributed by atoms with Crippen LogP contribution in [0.4, 0.5) is 5.69 Å². The predicted octanol–water partition coefficient (Wildman–Crippen LogP) is 4.42. The van der Waals surface area contributed by atoms with E-state index in [9.17, 15) is 4.79 Å². The maximum atomic E-state index is 12.9. The van der Waals surface area contributed by atoms with Crippen molar-refractivity contribution >= 4 is 22.6 Å². The second kappa shape index (κ2) is 9.01. The van der Waals surface area contributed by atoms with Gasteiger partial charge in [-0.3, -0.25) is 4.79 Å². The van der Waals surface area contributed by atoms with Gasteiger partial charge >= 0.3 is 0 Å². The second-order valence-electron chi connectivity index (χ2n) is 7.46. The first-order chi connectivity index (χ1) is 15.8. The van der Waals surface area contributed by atoms with Crippen molar-refractivity contribution in [3.05, 3.63) is 78.6 Å². The van der Waals surface area contributed by atoms with E-state index < -0.39 is 0 Å². The maximum Gasteiger partial charge on any atom is 0.244 e. The lowest BCUT2D eigenvalue weighted by Crippen LogP contribution is -2.20. The molecule has 0 bridgehead atoms. The molecule has 0 spiro atoms. The average molecular weight is 429 g/mol. The van der Waals surface area contributed by atoms with Crippen LogP contribution in [0.2, 0.25) is 0 Å². The molecule has 162 valence electrons. The zero-order valence-corrected chi connectivity index (χ0v) is 17.5. The Hall–Kier alpha value is -4.00. The number of imidazole rings is 1. The number of amides is 1. The molecule has 32 heavy (non-hydrogen) atoms. The molecule has 0 saturated carbocycles. The number of aromatic nitrogens is 2. The molecular weight excluding hydrogens is 406 g/mol. The lowest BCUT2D eigenvalue weighted by molar-refractivity contribution is -0.116. The van der Waals surface area contributed by atoms with E-state index in [1.165, 1.54) is 0 Å². The molecule has 1 aliphatic heterocycles. The molecule has 1 aromatic heterocycles. The first kappa shape index (κ1) is 19.9. The van der Waals surface area contributed by atoms with Gasteiger partial charge in [-0.1, -0.05) is 30.3 Å². The molecule has 0 radical (unpaired) electrons. The highest BCUT2D eigenvalue weighted by Crippen LogP contribution is 2.32. The fourth-order valence-electron chi connectivity index (χ4n) is 3.66. The third kappa shape index (κ3) is 4.37. The van der Waals surface area contributed by atoms with Gasteiger partial charge in [-0.15, -0.1) is 0 Å². The summed E-state index contributed by atoms with van der Waals surface area (Å²) in [5.41, 5.74) is 2.36. The van der Waals surface area contributed by atoms with Gasteiger partial charge in [0.15, 0.2) is 11.5 Å². The molecule has 0 unspecified atom stereocenters. The van der Waals surface area contributed by atoms with Crippen LogP contribution < -0.4 is 19.5 Å². The minimum atomic E-state index is -0.163. The number of fused-ring (bicyclic) bond motifs is 2. The van der Waals surface area contributed by atoms with Gasteiger partial charge in [-0.2, -0.15) is 0 Å². The third-order valence-electron chi connectivity index (χ3n) is 5.18. The van der Waals surface area contributed by atoms with E-state index >= 15 is 0 Å². The number of ether oxygens (including phenoxy) is 3. The van der Waals surface area contributed by atoms with Crippen LogP contribution >= 0.6 is 0 Å². The molecule has 7 nitrogen and oxygen atoms in total. The van der Waals surface area contributed by atoms with E-state index in [2.05, 4.69) is 10.3 Å². The largest absolute Gasteiger partial charge is 0.490 e. The van der Waals surface area contributed by atoms with Crippen molar-refractivity contribution in [2.24, 2.45) is 0 Å². The van der Waals surface area contributed by atoms with Gasteiger partial charge in [0, 0.05) is 18.2 Å². The van der Waals surface area contributed by atoms with E-state index in [4.69, 9.17) is 14.2 Å². The zero-order chi connectivity index (χ0) is 21.8. The topological polar surface area (TPSA) is 74.6 Å². The van der Waals surface area contributed by atoms with Gasteiger partial charge in [0.2, 0.25) is 5.91 Å². The first-order valence-electron chi connectivity index (χ1n) is 10.6. The monoisotopic (exact) mass is 429 g/mol. The normalized spacial score (nSPS) is 12.9. The summed E-state index contributed by atoms with van der Waals surface area (Å²) in [4.78, 5) is 17.6. The molecule has 1 amide bonds. The Morgan fingerprint density at radius 3 is 2.62 bits per heavy atom. The van der Waals surface area contributed by atoms with Crippen molar-refractivity contribution in [3.8, 4) is 17.2 Å². The summed E-state index contributed by atoms with van der Waals surface area (Å²) in [6, 6.07) is 22.7. The van der Waals surface area contributed by atoms with Gasteiger partial charge in [0.05, 0.1) is 24.2 Å². The molecule has 5 rings (SSSR count). The number of hydrogen-bond donors (Lipinski definition) is 1. The Kier molecular flexibility index (Phi) is 5.61. The van der Waals surface area contributed by atoms with Gasteiger partial charge in [0.1, 0.15) is 24.7 Å². The van der Waals surface area contributed by atoms with Crippen molar-refractivity contribution in [1.82, 2.24) is 9.55 Å². The van der Waals surface area contributed by atoms with E-state index in [0.717, 1.165) is 23.2 Å². The number of anilines is 1. The summed E-state index contributed by atoms with van der Waals surface area (Å²) >= 11 is 0. The summed E-state index contributed by atoms with van der Waals surface area (Å²) in [5.74, 6) is 2.61. The smallest absolute Gasteiger partial charge is 0.244 e. The predicted molar refractivity (Wildman–Crippen MR) is 121 cm³/mol. The number of carbonyl (C=O) groups excluding carboxylic acids is 1. The second-order valence-corrected chi connectivity index (χ2v) is 7.46.